The van der Waals surface area contributed by atoms with E-state index in [0.29, 0.717) is 18.0 Å². The summed E-state index contributed by atoms with van der Waals surface area (Å²) in [6, 6.07) is 8.03. The number of carbonyl (C=O) groups is 1. The Labute approximate surface area is 163 Å². The van der Waals surface area contributed by atoms with Gasteiger partial charge >= 0.3 is 0 Å². The van der Waals surface area contributed by atoms with Gasteiger partial charge in [-0.1, -0.05) is 24.3 Å². The number of nitrogens with two attached hydrogens (primary N) is 1. The molecule has 1 fully saturated rings. The number of nitrogens with one attached hydrogen (secondary N) is 1. The maximum atomic E-state index is 12.4. The molecule has 0 aliphatic carbocycles. The number of carbonyl (C=O) groups excluding carboxylic acids is 1. The van der Waals surface area contributed by atoms with Crippen molar-refractivity contribution in [3.63, 3.8) is 0 Å². The molecule has 0 saturated carbocycles. The monoisotopic (exact) mass is 380 g/mol. The molecule has 1 aromatic carbocycles. The van der Waals surface area contributed by atoms with Crippen LogP contribution in [0.15, 0.2) is 36.9 Å². The average Bonchev–Trinajstić information content (AvgIpc) is 3.05. The summed E-state index contributed by atoms with van der Waals surface area (Å²) < 4.78 is 7.56. The van der Waals surface area contributed by atoms with E-state index >= 15 is 0 Å². The zero-order chi connectivity index (χ0) is 19.5. The summed E-state index contributed by atoms with van der Waals surface area (Å²) in [5.41, 5.74) is 7.97. The number of nitrogens with zero attached hydrogens (tertiary/aromatic N) is 4. The van der Waals surface area contributed by atoms with Gasteiger partial charge in [-0.05, 0) is 6.07 Å². The highest BCUT2D eigenvalue weighted by Crippen LogP contribution is 2.31. The standard InChI is InChI=1S/C20H24N6O2/c1-2-7-22-20(27)18-23-17(21)16-14-5-3-4-6-15(14)26(19(16)24-18)9-8-25-10-12-28-13-11-25/h2-6H,1,7-13H2,(H,22,27)(H2,21,23,24). The fourth-order valence-corrected chi connectivity index (χ4v) is 3.59. The normalized spacial score (nSPS) is 15.1. The van der Waals surface area contributed by atoms with Crippen molar-refractivity contribution in [2.45, 2.75) is 6.54 Å². The predicted octanol–water partition coefficient (Wildman–Crippen LogP) is 1.41. The highest BCUT2D eigenvalue weighted by Gasteiger charge is 2.20. The third-order valence-corrected chi connectivity index (χ3v) is 4.99. The number of rotatable bonds is 6. The summed E-state index contributed by atoms with van der Waals surface area (Å²) >= 11 is 0. The first-order valence-electron chi connectivity index (χ1n) is 9.42. The summed E-state index contributed by atoms with van der Waals surface area (Å²) in [6.07, 6.45) is 1.61. The second-order valence-corrected chi connectivity index (χ2v) is 6.75. The Morgan fingerprint density at radius 2 is 2.04 bits per heavy atom. The quantitative estimate of drug-likeness (QED) is 0.628. The van der Waals surface area contributed by atoms with Crippen LogP contribution in [0.3, 0.4) is 0 Å². The molecule has 4 rings (SSSR count). The molecule has 2 aromatic heterocycles. The molecule has 0 spiro atoms. The van der Waals surface area contributed by atoms with E-state index in [1.165, 1.54) is 0 Å². The molecule has 28 heavy (non-hydrogen) atoms. The number of aromatic nitrogens is 3. The lowest BCUT2D eigenvalue weighted by Gasteiger charge is -2.26. The summed E-state index contributed by atoms with van der Waals surface area (Å²) in [5.74, 6) is 0.0239. The molecular weight excluding hydrogens is 356 g/mol. The molecule has 146 valence electrons. The molecule has 0 bridgehead atoms. The van der Waals surface area contributed by atoms with Gasteiger partial charge < -0.3 is 20.4 Å². The van der Waals surface area contributed by atoms with E-state index in [0.717, 1.165) is 55.7 Å². The van der Waals surface area contributed by atoms with Crippen molar-refractivity contribution in [3.8, 4) is 0 Å². The topological polar surface area (TPSA) is 98.3 Å². The highest BCUT2D eigenvalue weighted by molar-refractivity contribution is 6.12. The first-order valence-corrected chi connectivity index (χ1v) is 9.42. The maximum absolute atomic E-state index is 12.4. The number of nitrogen functional groups attached to an aromatic ring is 1. The SMILES string of the molecule is C=CCNC(=O)c1nc(N)c2c3ccccc3n(CCN3CCOCC3)c2n1. The van der Waals surface area contributed by atoms with Crippen molar-refractivity contribution in [2.24, 2.45) is 0 Å². The lowest BCUT2D eigenvalue weighted by molar-refractivity contribution is 0.0366. The molecule has 0 radical (unpaired) electrons. The van der Waals surface area contributed by atoms with Gasteiger partial charge in [-0.3, -0.25) is 9.69 Å². The van der Waals surface area contributed by atoms with Crippen LogP contribution in [0.2, 0.25) is 0 Å². The Kier molecular flexibility index (Phi) is 5.23. The van der Waals surface area contributed by atoms with Crippen molar-refractivity contribution < 1.29 is 9.53 Å². The van der Waals surface area contributed by atoms with Crippen LogP contribution in [0, 0.1) is 0 Å². The van der Waals surface area contributed by atoms with Gasteiger partial charge in [-0.2, -0.15) is 0 Å². The van der Waals surface area contributed by atoms with Crippen LogP contribution in [-0.2, 0) is 11.3 Å². The number of fused-ring (bicyclic) bond motifs is 3. The molecule has 0 unspecified atom stereocenters. The second kappa shape index (κ2) is 7.95. The van der Waals surface area contributed by atoms with Crippen LogP contribution in [0.25, 0.3) is 21.9 Å². The zero-order valence-corrected chi connectivity index (χ0v) is 15.7. The maximum Gasteiger partial charge on any atom is 0.289 e. The molecule has 8 nitrogen and oxygen atoms in total. The van der Waals surface area contributed by atoms with Crippen molar-refractivity contribution in [2.75, 3.05) is 45.1 Å². The van der Waals surface area contributed by atoms with E-state index in [1.54, 1.807) is 6.08 Å². The molecule has 1 saturated heterocycles. The van der Waals surface area contributed by atoms with E-state index in [2.05, 4.69) is 31.3 Å². The molecule has 1 aliphatic heterocycles. The first-order chi connectivity index (χ1) is 13.7. The van der Waals surface area contributed by atoms with Crippen LogP contribution in [0.5, 0.6) is 0 Å². The third-order valence-electron chi connectivity index (χ3n) is 4.99. The van der Waals surface area contributed by atoms with E-state index in [9.17, 15) is 4.79 Å². The van der Waals surface area contributed by atoms with Crippen molar-refractivity contribution in [1.29, 1.82) is 0 Å². The van der Waals surface area contributed by atoms with Gasteiger partial charge in [-0.25, -0.2) is 9.97 Å². The van der Waals surface area contributed by atoms with E-state index < -0.39 is 0 Å². The minimum absolute atomic E-state index is 0.0716. The number of benzene rings is 1. The minimum Gasteiger partial charge on any atom is -0.383 e. The summed E-state index contributed by atoms with van der Waals surface area (Å²) in [7, 11) is 0. The Balaban J connectivity index is 1.77. The van der Waals surface area contributed by atoms with Crippen molar-refractivity contribution in [1.82, 2.24) is 24.8 Å². The summed E-state index contributed by atoms with van der Waals surface area (Å²) in [6.45, 7) is 8.93. The van der Waals surface area contributed by atoms with Gasteiger partial charge in [0, 0.05) is 38.1 Å². The Hall–Kier alpha value is -2.97. The number of para-hydroxylation sites is 1. The van der Waals surface area contributed by atoms with Gasteiger partial charge in [0.15, 0.2) is 0 Å². The molecule has 0 atom stereocenters. The van der Waals surface area contributed by atoms with Gasteiger partial charge in [-0.15, -0.1) is 6.58 Å². The Morgan fingerprint density at radius 3 is 2.82 bits per heavy atom. The smallest absolute Gasteiger partial charge is 0.289 e. The van der Waals surface area contributed by atoms with Gasteiger partial charge in [0.2, 0.25) is 5.82 Å². The van der Waals surface area contributed by atoms with Gasteiger partial charge in [0.25, 0.3) is 5.91 Å². The van der Waals surface area contributed by atoms with Crippen LogP contribution in [0.1, 0.15) is 10.6 Å². The highest BCUT2D eigenvalue weighted by atomic mass is 16.5. The van der Waals surface area contributed by atoms with Crippen LogP contribution >= 0.6 is 0 Å². The second-order valence-electron chi connectivity index (χ2n) is 6.75. The lowest BCUT2D eigenvalue weighted by Crippen LogP contribution is -2.38. The molecule has 3 aromatic rings. The Morgan fingerprint density at radius 1 is 1.25 bits per heavy atom. The molecule has 8 heteroatoms. The zero-order valence-electron chi connectivity index (χ0n) is 15.7. The first kappa shape index (κ1) is 18.4. The van der Waals surface area contributed by atoms with Crippen LogP contribution in [0.4, 0.5) is 5.82 Å². The van der Waals surface area contributed by atoms with Crippen molar-refractivity contribution in [3.05, 3.63) is 42.7 Å². The Bertz CT molecular complexity index is 1020. The number of hydrogen-bond donors (Lipinski definition) is 2. The van der Waals surface area contributed by atoms with Gasteiger partial charge in [0.05, 0.1) is 24.1 Å². The molecule has 3 N–H and O–H groups in total. The van der Waals surface area contributed by atoms with E-state index in [1.807, 2.05) is 24.3 Å². The summed E-state index contributed by atoms with van der Waals surface area (Å²) in [5, 5.41) is 4.49. The number of morpholine rings is 1. The number of amides is 1. The predicted molar refractivity (Wildman–Crippen MR) is 109 cm³/mol. The minimum atomic E-state index is -0.363. The molecule has 3 heterocycles. The number of hydrogen-bond acceptors (Lipinski definition) is 6. The largest absolute Gasteiger partial charge is 0.383 e. The molecule has 1 amide bonds. The third kappa shape index (κ3) is 3.44. The summed E-state index contributed by atoms with van der Waals surface area (Å²) in [4.78, 5) is 23.5. The van der Waals surface area contributed by atoms with Crippen LogP contribution < -0.4 is 11.1 Å². The van der Waals surface area contributed by atoms with E-state index in [-0.39, 0.29) is 11.7 Å². The van der Waals surface area contributed by atoms with Gasteiger partial charge in [0.1, 0.15) is 11.5 Å². The fourth-order valence-electron chi connectivity index (χ4n) is 3.59. The average molecular weight is 380 g/mol. The van der Waals surface area contributed by atoms with Crippen LogP contribution in [-0.4, -0.2) is 64.7 Å². The number of ether oxygens (including phenoxy) is 1. The van der Waals surface area contributed by atoms with Crippen molar-refractivity contribution >= 4 is 33.7 Å². The number of anilines is 1. The fraction of sp³-hybridized carbons (Fsp3) is 0.350. The molecular formula is C20H24N6O2. The van der Waals surface area contributed by atoms with E-state index in [4.69, 9.17) is 10.5 Å². The molecule has 1 aliphatic rings. The lowest BCUT2D eigenvalue weighted by atomic mass is 10.2.